The Morgan fingerprint density at radius 3 is 2.50 bits per heavy atom. The number of hydrogen-bond acceptors (Lipinski definition) is 1. The Balaban J connectivity index is 2.05. The maximum absolute atomic E-state index is 12.6. The number of halogens is 3. The molecule has 4 heteroatoms. The van der Waals surface area contributed by atoms with Gasteiger partial charge in [0.25, 0.3) is 0 Å². The maximum Gasteiger partial charge on any atom is 0.394 e. The second-order valence-electron chi connectivity index (χ2n) is 4.04. The second-order valence-corrected chi connectivity index (χ2v) is 4.04. The van der Waals surface area contributed by atoms with Crippen LogP contribution in [-0.2, 0) is 11.2 Å². The lowest BCUT2D eigenvalue weighted by Crippen LogP contribution is -2.31. The van der Waals surface area contributed by atoms with Crippen molar-refractivity contribution in [1.82, 2.24) is 0 Å². The van der Waals surface area contributed by atoms with Crippen molar-refractivity contribution < 1.29 is 17.9 Å². The predicted octanol–water partition coefficient (Wildman–Crippen LogP) is 3.20. The molecule has 1 aliphatic rings. The van der Waals surface area contributed by atoms with Gasteiger partial charge in [0.05, 0.1) is 12.0 Å². The number of alkyl halides is 3. The first kappa shape index (κ1) is 11.5. The molecule has 0 aliphatic carbocycles. The average Bonchev–Trinajstić information content (AvgIpc) is 2.67. The normalized spacial score (nSPS) is 25.9. The maximum atomic E-state index is 12.6. The van der Waals surface area contributed by atoms with Gasteiger partial charge in [-0.1, -0.05) is 30.3 Å². The van der Waals surface area contributed by atoms with Gasteiger partial charge in [-0.15, -0.1) is 0 Å². The summed E-state index contributed by atoms with van der Waals surface area (Å²) in [5, 5.41) is 0. The van der Waals surface area contributed by atoms with Crippen molar-refractivity contribution in [2.24, 2.45) is 5.92 Å². The zero-order chi connectivity index (χ0) is 11.6. The van der Waals surface area contributed by atoms with Crippen molar-refractivity contribution in [3.8, 4) is 0 Å². The van der Waals surface area contributed by atoms with Crippen LogP contribution in [0.4, 0.5) is 13.2 Å². The molecule has 2 unspecified atom stereocenters. The van der Waals surface area contributed by atoms with Crippen LogP contribution in [0.15, 0.2) is 30.3 Å². The molecule has 0 aromatic heterocycles. The first-order valence-corrected chi connectivity index (χ1v) is 5.29. The summed E-state index contributed by atoms with van der Waals surface area (Å²) in [5.41, 5.74) is 0.892. The third-order valence-electron chi connectivity index (χ3n) is 2.91. The lowest BCUT2D eigenvalue weighted by Gasteiger charge is -2.21. The Morgan fingerprint density at radius 2 is 1.88 bits per heavy atom. The Bertz CT molecular complexity index is 334. The lowest BCUT2D eigenvalue weighted by atomic mass is 9.95. The van der Waals surface area contributed by atoms with E-state index in [9.17, 15) is 13.2 Å². The molecule has 0 N–H and O–H groups in total. The molecule has 1 heterocycles. The highest BCUT2D eigenvalue weighted by Gasteiger charge is 2.47. The summed E-state index contributed by atoms with van der Waals surface area (Å²) in [4.78, 5) is 0. The van der Waals surface area contributed by atoms with Crippen molar-refractivity contribution in [2.45, 2.75) is 25.1 Å². The third kappa shape index (κ3) is 2.55. The Labute approximate surface area is 92.2 Å². The number of benzene rings is 1. The van der Waals surface area contributed by atoms with Gasteiger partial charge in [-0.3, -0.25) is 0 Å². The van der Waals surface area contributed by atoms with Crippen LogP contribution < -0.4 is 0 Å². The smallest absolute Gasteiger partial charge is 0.377 e. The van der Waals surface area contributed by atoms with Gasteiger partial charge >= 0.3 is 6.18 Å². The fraction of sp³-hybridized carbons (Fsp3) is 0.500. The van der Waals surface area contributed by atoms with Crippen LogP contribution in [0, 0.1) is 5.92 Å². The molecule has 1 saturated heterocycles. The largest absolute Gasteiger partial charge is 0.394 e. The minimum absolute atomic E-state index is 0.0843. The monoisotopic (exact) mass is 230 g/mol. The van der Waals surface area contributed by atoms with Crippen LogP contribution in [-0.4, -0.2) is 18.9 Å². The van der Waals surface area contributed by atoms with Gasteiger partial charge in [0.15, 0.2) is 0 Å². The van der Waals surface area contributed by atoms with Gasteiger partial charge in [-0.2, -0.15) is 13.2 Å². The fourth-order valence-electron chi connectivity index (χ4n) is 2.07. The van der Waals surface area contributed by atoms with Gasteiger partial charge in [0.2, 0.25) is 0 Å². The van der Waals surface area contributed by atoms with Crippen LogP contribution in [0.2, 0.25) is 0 Å². The van der Waals surface area contributed by atoms with E-state index in [1.165, 1.54) is 0 Å². The van der Waals surface area contributed by atoms with E-state index in [1.807, 2.05) is 30.3 Å². The summed E-state index contributed by atoms with van der Waals surface area (Å²) in [6.45, 7) is 0.210. The molecule has 1 aromatic rings. The third-order valence-corrected chi connectivity index (χ3v) is 2.91. The Morgan fingerprint density at radius 1 is 1.19 bits per heavy atom. The van der Waals surface area contributed by atoms with E-state index in [2.05, 4.69) is 0 Å². The molecule has 0 spiro atoms. The molecular weight excluding hydrogens is 217 g/mol. The summed E-state index contributed by atoms with van der Waals surface area (Å²) in [5.74, 6) is -1.31. The summed E-state index contributed by atoms with van der Waals surface area (Å²) in [7, 11) is 0. The summed E-state index contributed by atoms with van der Waals surface area (Å²) < 4.78 is 43.1. The van der Waals surface area contributed by atoms with Gasteiger partial charge in [0, 0.05) is 6.61 Å². The van der Waals surface area contributed by atoms with Crippen molar-refractivity contribution in [2.75, 3.05) is 6.61 Å². The zero-order valence-electron chi connectivity index (χ0n) is 8.70. The number of ether oxygens (including phenoxy) is 1. The van der Waals surface area contributed by atoms with E-state index < -0.39 is 18.2 Å². The van der Waals surface area contributed by atoms with Gasteiger partial charge in [-0.05, 0) is 18.4 Å². The van der Waals surface area contributed by atoms with Crippen molar-refractivity contribution in [3.63, 3.8) is 0 Å². The Hall–Kier alpha value is -1.03. The highest BCUT2D eigenvalue weighted by Crippen LogP contribution is 2.37. The molecule has 2 rings (SSSR count). The molecule has 0 amide bonds. The molecule has 1 aliphatic heterocycles. The first-order chi connectivity index (χ1) is 7.57. The molecule has 2 atom stereocenters. The molecular formula is C12H13F3O. The molecule has 0 radical (unpaired) electrons. The highest BCUT2D eigenvalue weighted by atomic mass is 19.4. The van der Waals surface area contributed by atoms with Crippen LogP contribution in [0.1, 0.15) is 12.0 Å². The van der Waals surface area contributed by atoms with Crippen LogP contribution in [0.25, 0.3) is 0 Å². The van der Waals surface area contributed by atoms with E-state index in [0.29, 0.717) is 6.42 Å². The fourth-order valence-corrected chi connectivity index (χ4v) is 2.07. The van der Waals surface area contributed by atoms with E-state index >= 15 is 0 Å². The molecule has 1 fully saturated rings. The van der Waals surface area contributed by atoms with Gasteiger partial charge in [-0.25, -0.2) is 0 Å². The van der Waals surface area contributed by atoms with E-state index in [-0.39, 0.29) is 13.0 Å². The van der Waals surface area contributed by atoms with E-state index in [1.54, 1.807) is 0 Å². The molecule has 0 saturated carbocycles. The molecule has 1 aromatic carbocycles. The van der Waals surface area contributed by atoms with E-state index in [0.717, 1.165) is 5.56 Å². The number of hydrogen-bond donors (Lipinski definition) is 0. The minimum atomic E-state index is -4.14. The quantitative estimate of drug-likeness (QED) is 0.758. The summed E-state index contributed by atoms with van der Waals surface area (Å²) in [6, 6.07) is 9.16. The minimum Gasteiger partial charge on any atom is -0.377 e. The van der Waals surface area contributed by atoms with Crippen molar-refractivity contribution >= 4 is 0 Å². The Kier molecular flexibility index (Phi) is 3.19. The van der Waals surface area contributed by atoms with Crippen LogP contribution >= 0.6 is 0 Å². The van der Waals surface area contributed by atoms with Crippen molar-refractivity contribution in [3.05, 3.63) is 35.9 Å². The van der Waals surface area contributed by atoms with Crippen molar-refractivity contribution in [1.29, 1.82) is 0 Å². The molecule has 0 bridgehead atoms. The molecule has 16 heavy (non-hydrogen) atoms. The predicted molar refractivity (Wildman–Crippen MR) is 54.0 cm³/mol. The number of rotatable bonds is 2. The first-order valence-electron chi connectivity index (χ1n) is 5.29. The van der Waals surface area contributed by atoms with Crippen LogP contribution in [0.3, 0.4) is 0 Å². The van der Waals surface area contributed by atoms with Gasteiger partial charge in [0.1, 0.15) is 0 Å². The second kappa shape index (κ2) is 4.45. The SMILES string of the molecule is FC(F)(F)C1CCOC1Cc1ccccc1. The molecule has 1 nitrogen and oxygen atoms in total. The standard InChI is InChI=1S/C12H13F3O/c13-12(14,15)10-6-7-16-11(10)8-9-4-2-1-3-5-9/h1-5,10-11H,6-8H2. The lowest BCUT2D eigenvalue weighted by molar-refractivity contribution is -0.186. The summed E-state index contributed by atoms with van der Waals surface area (Å²) in [6.07, 6.45) is -4.44. The zero-order valence-corrected chi connectivity index (χ0v) is 8.70. The molecule has 88 valence electrons. The van der Waals surface area contributed by atoms with Gasteiger partial charge < -0.3 is 4.74 Å². The highest BCUT2D eigenvalue weighted by molar-refractivity contribution is 5.16. The van der Waals surface area contributed by atoms with Crippen LogP contribution in [0.5, 0.6) is 0 Å². The summed E-state index contributed by atoms with van der Waals surface area (Å²) >= 11 is 0. The van der Waals surface area contributed by atoms with E-state index in [4.69, 9.17) is 4.74 Å². The topological polar surface area (TPSA) is 9.23 Å². The average molecular weight is 230 g/mol.